The Kier molecular flexibility index (Phi) is 4.32. The van der Waals surface area contributed by atoms with Crippen LogP contribution in [-0.4, -0.2) is 5.25 Å². The lowest BCUT2D eigenvalue weighted by Gasteiger charge is -2.06. The second-order valence-corrected chi connectivity index (χ2v) is 6.38. The number of rotatable bonds is 4. The van der Waals surface area contributed by atoms with E-state index in [1.807, 2.05) is 23.9 Å². The van der Waals surface area contributed by atoms with Crippen LogP contribution < -0.4 is 5.73 Å². The first-order chi connectivity index (χ1) is 8.63. The minimum Gasteiger partial charge on any atom is -0.399 e. The predicted octanol–water partition coefficient (Wildman–Crippen LogP) is 4.36. The van der Waals surface area contributed by atoms with Crippen molar-refractivity contribution in [1.82, 2.24) is 0 Å². The minimum absolute atomic E-state index is 0.632. The molecule has 0 unspecified atom stereocenters. The van der Waals surface area contributed by atoms with E-state index < -0.39 is 0 Å². The molecule has 2 heteroatoms. The Labute approximate surface area is 113 Å². The van der Waals surface area contributed by atoms with Crippen LogP contribution in [0.25, 0.3) is 0 Å². The Morgan fingerprint density at radius 1 is 0.889 bits per heavy atom. The van der Waals surface area contributed by atoms with Gasteiger partial charge in [0.1, 0.15) is 0 Å². The maximum absolute atomic E-state index is 5.68. The van der Waals surface area contributed by atoms with Crippen molar-refractivity contribution in [1.29, 1.82) is 0 Å². The quantitative estimate of drug-likeness (QED) is 0.650. The highest BCUT2D eigenvalue weighted by Gasteiger charge is 2.00. The van der Waals surface area contributed by atoms with E-state index in [0.29, 0.717) is 5.25 Å². The molecule has 0 radical (unpaired) electrons. The Morgan fingerprint density at radius 3 is 1.89 bits per heavy atom. The number of thioether (sulfide) groups is 1. The van der Waals surface area contributed by atoms with E-state index in [9.17, 15) is 0 Å². The SMILES string of the molecule is CC(C)Sc1ccc(Cc2ccc(N)cc2)cc1. The van der Waals surface area contributed by atoms with Crippen molar-refractivity contribution in [3.8, 4) is 0 Å². The van der Waals surface area contributed by atoms with Crippen molar-refractivity contribution in [3.63, 3.8) is 0 Å². The summed E-state index contributed by atoms with van der Waals surface area (Å²) in [6.07, 6.45) is 0.965. The Morgan fingerprint density at radius 2 is 1.39 bits per heavy atom. The van der Waals surface area contributed by atoms with Gasteiger partial charge in [-0.2, -0.15) is 0 Å². The first kappa shape index (κ1) is 13.0. The van der Waals surface area contributed by atoms with Gasteiger partial charge in [-0.25, -0.2) is 0 Å². The van der Waals surface area contributed by atoms with E-state index in [2.05, 4.69) is 50.2 Å². The molecule has 0 saturated heterocycles. The fraction of sp³-hybridized carbons (Fsp3) is 0.250. The van der Waals surface area contributed by atoms with Gasteiger partial charge in [-0.05, 0) is 41.8 Å². The van der Waals surface area contributed by atoms with Crippen LogP contribution in [0.5, 0.6) is 0 Å². The van der Waals surface area contributed by atoms with Gasteiger partial charge >= 0.3 is 0 Å². The van der Waals surface area contributed by atoms with Gasteiger partial charge in [-0.3, -0.25) is 0 Å². The Hall–Kier alpha value is -1.41. The molecule has 18 heavy (non-hydrogen) atoms. The van der Waals surface area contributed by atoms with Gasteiger partial charge in [0.05, 0.1) is 0 Å². The van der Waals surface area contributed by atoms with E-state index in [0.717, 1.165) is 12.1 Å². The highest BCUT2D eigenvalue weighted by Crippen LogP contribution is 2.23. The summed E-state index contributed by atoms with van der Waals surface area (Å²) >= 11 is 1.90. The van der Waals surface area contributed by atoms with Gasteiger partial charge in [-0.15, -0.1) is 11.8 Å². The summed E-state index contributed by atoms with van der Waals surface area (Å²) in [7, 11) is 0. The van der Waals surface area contributed by atoms with E-state index >= 15 is 0 Å². The fourth-order valence-corrected chi connectivity index (χ4v) is 2.67. The van der Waals surface area contributed by atoms with Crippen LogP contribution in [0.2, 0.25) is 0 Å². The lowest BCUT2D eigenvalue weighted by atomic mass is 10.1. The van der Waals surface area contributed by atoms with Crippen molar-refractivity contribution >= 4 is 17.4 Å². The first-order valence-electron chi connectivity index (χ1n) is 6.23. The predicted molar refractivity (Wildman–Crippen MR) is 81.1 cm³/mol. The Bertz CT molecular complexity index is 486. The summed E-state index contributed by atoms with van der Waals surface area (Å²) in [5, 5.41) is 0.632. The summed E-state index contributed by atoms with van der Waals surface area (Å²) in [6.45, 7) is 4.43. The van der Waals surface area contributed by atoms with E-state index in [4.69, 9.17) is 5.73 Å². The molecule has 0 saturated carbocycles. The number of benzene rings is 2. The van der Waals surface area contributed by atoms with Crippen LogP contribution in [0.15, 0.2) is 53.4 Å². The van der Waals surface area contributed by atoms with Gasteiger partial charge in [0.2, 0.25) is 0 Å². The van der Waals surface area contributed by atoms with Crippen molar-refractivity contribution in [3.05, 3.63) is 59.7 Å². The van der Waals surface area contributed by atoms with E-state index in [1.54, 1.807) is 0 Å². The zero-order chi connectivity index (χ0) is 13.0. The van der Waals surface area contributed by atoms with Crippen LogP contribution in [0.1, 0.15) is 25.0 Å². The van der Waals surface area contributed by atoms with Crippen LogP contribution in [-0.2, 0) is 6.42 Å². The maximum Gasteiger partial charge on any atom is 0.0314 e. The van der Waals surface area contributed by atoms with Crippen molar-refractivity contribution in [2.24, 2.45) is 0 Å². The molecule has 0 spiro atoms. The third-order valence-electron chi connectivity index (χ3n) is 2.68. The van der Waals surface area contributed by atoms with Crippen LogP contribution in [0, 0.1) is 0 Å². The molecule has 0 atom stereocenters. The zero-order valence-corrected chi connectivity index (χ0v) is 11.7. The second-order valence-electron chi connectivity index (χ2n) is 4.73. The van der Waals surface area contributed by atoms with Crippen LogP contribution >= 0.6 is 11.8 Å². The highest BCUT2D eigenvalue weighted by atomic mass is 32.2. The summed E-state index contributed by atoms with van der Waals surface area (Å²) in [5.41, 5.74) is 9.15. The molecule has 94 valence electrons. The lowest BCUT2D eigenvalue weighted by Crippen LogP contribution is -1.90. The topological polar surface area (TPSA) is 26.0 Å². The molecular formula is C16H19NS. The number of hydrogen-bond acceptors (Lipinski definition) is 2. The summed E-state index contributed by atoms with van der Waals surface area (Å²) < 4.78 is 0. The van der Waals surface area contributed by atoms with Crippen molar-refractivity contribution in [2.75, 3.05) is 5.73 Å². The first-order valence-corrected chi connectivity index (χ1v) is 7.11. The molecule has 2 rings (SSSR count). The molecule has 0 aliphatic heterocycles. The molecule has 0 aliphatic carbocycles. The molecule has 0 amide bonds. The smallest absolute Gasteiger partial charge is 0.0314 e. The fourth-order valence-electron chi connectivity index (χ4n) is 1.83. The number of nitrogen functional groups attached to an aromatic ring is 1. The van der Waals surface area contributed by atoms with Gasteiger partial charge < -0.3 is 5.73 Å². The molecule has 1 nitrogen and oxygen atoms in total. The summed E-state index contributed by atoms with van der Waals surface area (Å²) in [5.74, 6) is 0. The lowest BCUT2D eigenvalue weighted by molar-refractivity contribution is 1.11. The van der Waals surface area contributed by atoms with Crippen LogP contribution in [0.3, 0.4) is 0 Å². The molecule has 0 aliphatic rings. The third kappa shape index (κ3) is 3.81. The number of nitrogens with two attached hydrogens (primary N) is 1. The molecule has 0 fully saturated rings. The number of anilines is 1. The summed E-state index contributed by atoms with van der Waals surface area (Å²) in [6, 6.07) is 16.9. The zero-order valence-electron chi connectivity index (χ0n) is 10.9. The maximum atomic E-state index is 5.68. The molecular weight excluding hydrogens is 238 g/mol. The van der Waals surface area contributed by atoms with Crippen LogP contribution in [0.4, 0.5) is 5.69 Å². The largest absolute Gasteiger partial charge is 0.399 e. The minimum atomic E-state index is 0.632. The normalized spacial score (nSPS) is 10.8. The highest BCUT2D eigenvalue weighted by molar-refractivity contribution is 7.99. The average Bonchev–Trinajstić information content (AvgIpc) is 2.34. The second kappa shape index (κ2) is 5.96. The van der Waals surface area contributed by atoms with Crippen molar-refractivity contribution in [2.45, 2.75) is 30.4 Å². The van der Waals surface area contributed by atoms with Gasteiger partial charge in [0, 0.05) is 15.8 Å². The molecule has 0 heterocycles. The standard InChI is InChI=1S/C16H19NS/c1-12(2)18-16-9-5-14(6-10-16)11-13-3-7-15(17)8-4-13/h3-10,12H,11,17H2,1-2H3. The number of hydrogen-bond donors (Lipinski definition) is 1. The van der Waals surface area contributed by atoms with Gasteiger partial charge in [0.25, 0.3) is 0 Å². The molecule has 0 bridgehead atoms. The molecule has 2 aromatic rings. The third-order valence-corrected chi connectivity index (χ3v) is 3.70. The van der Waals surface area contributed by atoms with E-state index in [1.165, 1.54) is 16.0 Å². The van der Waals surface area contributed by atoms with Crippen molar-refractivity contribution < 1.29 is 0 Å². The molecule has 2 N–H and O–H groups in total. The average molecular weight is 257 g/mol. The molecule has 0 aromatic heterocycles. The summed E-state index contributed by atoms with van der Waals surface area (Å²) in [4.78, 5) is 1.34. The Balaban J connectivity index is 2.04. The monoisotopic (exact) mass is 257 g/mol. The van der Waals surface area contributed by atoms with Gasteiger partial charge in [-0.1, -0.05) is 38.1 Å². The van der Waals surface area contributed by atoms with Gasteiger partial charge in [0.15, 0.2) is 0 Å². The molecule has 2 aromatic carbocycles. The van der Waals surface area contributed by atoms with E-state index in [-0.39, 0.29) is 0 Å².